The smallest absolute Gasteiger partial charge is 0.230 e. The molecule has 0 radical (unpaired) electrons. The minimum atomic E-state index is 0.0106. The Kier molecular flexibility index (Phi) is 3.75. The van der Waals surface area contributed by atoms with E-state index in [4.69, 9.17) is 0 Å². The average molecular weight is 200 g/mol. The van der Waals surface area contributed by atoms with Gasteiger partial charge in [-0.2, -0.15) is 5.10 Å². The number of thioether (sulfide) groups is 1. The second-order valence-electron chi connectivity index (χ2n) is 2.80. The van der Waals surface area contributed by atoms with Crippen LogP contribution in [-0.4, -0.2) is 32.9 Å². The number of aromatic amines is 1. The van der Waals surface area contributed by atoms with Crippen LogP contribution in [0.4, 0.5) is 0 Å². The van der Waals surface area contributed by atoms with Crippen LogP contribution in [0.25, 0.3) is 0 Å². The number of carbonyl (C=O) groups excluding carboxylic acids is 1. The summed E-state index contributed by atoms with van der Waals surface area (Å²) in [6.07, 6.45) is 1.42. The van der Waals surface area contributed by atoms with Crippen molar-refractivity contribution in [3.63, 3.8) is 0 Å². The van der Waals surface area contributed by atoms with Gasteiger partial charge in [-0.15, -0.1) is 0 Å². The van der Waals surface area contributed by atoms with Gasteiger partial charge >= 0.3 is 0 Å². The first-order valence-electron chi connectivity index (χ1n) is 3.96. The molecule has 0 saturated carbocycles. The van der Waals surface area contributed by atoms with Crippen LogP contribution in [0.3, 0.4) is 0 Å². The second-order valence-corrected chi connectivity index (χ2v) is 3.77. The molecule has 0 bridgehead atoms. The number of hydrogen-bond donors (Lipinski definition) is 2. The molecule has 2 N–H and O–H groups in total. The van der Waals surface area contributed by atoms with Gasteiger partial charge in [0.2, 0.25) is 5.91 Å². The summed E-state index contributed by atoms with van der Waals surface area (Å²) in [5, 5.41) is 9.79. The lowest BCUT2D eigenvalue weighted by molar-refractivity contribution is -0.119. The van der Waals surface area contributed by atoms with Gasteiger partial charge in [0.15, 0.2) is 5.16 Å². The van der Waals surface area contributed by atoms with Crippen LogP contribution >= 0.6 is 11.8 Å². The standard InChI is InChI=1S/C7H12N4OS/c1-5(2)10-6(12)3-13-7-8-4-9-11-7/h4-5H,3H2,1-2H3,(H,10,12)(H,8,9,11). The number of amides is 1. The minimum Gasteiger partial charge on any atom is -0.353 e. The van der Waals surface area contributed by atoms with E-state index >= 15 is 0 Å². The fourth-order valence-corrected chi connectivity index (χ4v) is 1.35. The summed E-state index contributed by atoms with van der Waals surface area (Å²) < 4.78 is 0. The maximum atomic E-state index is 11.2. The Bertz CT molecular complexity index is 259. The third-order valence-corrected chi connectivity index (χ3v) is 2.06. The molecule has 72 valence electrons. The fraction of sp³-hybridized carbons (Fsp3) is 0.571. The van der Waals surface area contributed by atoms with Gasteiger partial charge in [-0.25, -0.2) is 4.98 Å². The highest BCUT2D eigenvalue weighted by Crippen LogP contribution is 2.09. The first kappa shape index (κ1) is 10.0. The zero-order valence-corrected chi connectivity index (χ0v) is 8.39. The van der Waals surface area contributed by atoms with Gasteiger partial charge in [-0.3, -0.25) is 9.89 Å². The van der Waals surface area contributed by atoms with Crippen LogP contribution < -0.4 is 5.32 Å². The molecule has 0 spiro atoms. The SMILES string of the molecule is CC(C)NC(=O)CSc1ncn[nH]1. The van der Waals surface area contributed by atoms with Gasteiger partial charge in [0.05, 0.1) is 5.75 Å². The van der Waals surface area contributed by atoms with Crippen molar-refractivity contribution in [2.45, 2.75) is 25.0 Å². The highest BCUT2D eigenvalue weighted by atomic mass is 32.2. The minimum absolute atomic E-state index is 0.0106. The normalized spacial score (nSPS) is 10.4. The summed E-state index contributed by atoms with van der Waals surface area (Å²) in [4.78, 5) is 15.0. The Hall–Kier alpha value is -1.04. The molecule has 0 aliphatic carbocycles. The van der Waals surface area contributed by atoms with Crippen molar-refractivity contribution in [3.8, 4) is 0 Å². The zero-order valence-electron chi connectivity index (χ0n) is 7.57. The Balaban J connectivity index is 2.23. The quantitative estimate of drug-likeness (QED) is 0.691. The Morgan fingerprint density at radius 3 is 3.08 bits per heavy atom. The lowest BCUT2D eigenvalue weighted by atomic mass is 10.4. The van der Waals surface area contributed by atoms with E-state index in [1.165, 1.54) is 18.1 Å². The van der Waals surface area contributed by atoms with E-state index in [0.717, 1.165) is 0 Å². The van der Waals surface area contributed by atoms with E-state index in [1.54, 1.807) is 0 Å². The maximum absolute atomic E-state index is 11.2. The molecule has 0 fully saturated rings. The van der Waals surface area contributed by atoms with E-state index in [0.29, 0.717) is 10.9 Å². The van der Waals surface area contributed by atoms with Crippen molar-refractivity contribution >= 4 is 17.7 Å². The molecule has 1 aromatic heterocycles. The molecule has 6 heteroatoms. The first-order valence-corrected chi connectivity index (χ1v) is 4.94. The summed E-state index contributed by atoms with van der Waals surface area (Å²) in [6.45, 7) is 3.86. The number of hydrogen-bond acceptors (Lipinski definition) is 4. The molecule has 0 saturated heterocycles. The molecule has 1 aromatic rings. The van der Waals surface area contributed by atoms with Crippen molar-refractivity contribution in [1.82, 2.24) is 20.5 Å². The van der Waals surface area contributed by atoms with E-state index in [1.807, 2.05) is 13.8 Å². The van der Waals surface area contributed by atoms with E-state index in [-0.39, 0.29) is 11.9 Å². The van der Waals surface area contributed by atoms with Crippen LogP contribution in [0.15, 0.2) is 11.5 Å². The number of carbonyl (C=O) groups is 1. The topological polar surface area (TPSA) is 70.7 Å². The van der Waals surface area contributed by atoms with Crippen LogP contribution in [0.2, 0.25) is 0 Å². The maximum Gasteiger partial charge on any atom is 0.230 e. The number of H-pyrrole nitrogens is 1. The van der Waals surface area contributed by atoms with Crippen LogP contribution in [0, 0.1) is 0 Å². The second kappa shape index (κ2) is 4.86. The van der Waals surface area contributed by atoms with E-state index in [2.05, 4.69) is 20.5 Å². The highest BCUT2D eigenvalue weighted by molar-refractivity contribution is 7.99. The molecule has 0 aliphatic rings. The Morgan fingerprint density at radius 2 is 2.54 bits per heavy atom. The summed E-state index contributed by atoms with van der Waals surface area (Å²) in [5.74, 6) is 0.379. The van der Waals surface area contributed by atoms with Gasteiger partial charge in [-0.1, -0.05) is 11.8 Å². The molecule has 1 amide bonds. The average Bonchev–Trinajstić information content (AvgIpc) is 2.51. The van der Waals surface area contributed by atoms with Crippen molar-refractivity contribution in [1.29, 1.82) is 0 Å². The summed E-state index contributed by atoms with van der Waals surface area (Å²) in [6, 6.07) is 0.183. The molecule has 1 heterocycles. The molecule has 0 aromatic carbocycles. The molecule has 5 nitrogen and oxygen atoms in total. The summed E-state index contributed by atoms with van der Waals surface area (Å²) in [7, 11) is 0. The molecule has 0 unspecified atom stereocenters. The van der Waals surface area contributed by atoms with Crippen LogP contribution in [0.5, 0.6) is 0 Å². The lowest BCUT2D eigenvalue weighted by Crippen LogP contribution is -2.31. The van der Waals surface area contributed by atoms with Gasteiger partial charge in [0.25, 0.3) is 0 Å². The predicted octanol–water partition coefficient (Wildman–Crippen LogP) is 0.421. The number of aromatic nitrogens is 3. The molecular weight excluding hydrogens is 188 g/mol. The molecule has 0 aliphatic heterocycles. The van der Waals surface area contributed by atoms with Gasteiger partial charge in [0.1, 0.15) is 6.33 Å². The van der Waals surface area contributed by atoms with Crippen molar-refractivity contribution in [3.05, 3.63) is 6.33 Å². The molecule has 1 rings (SSSR count). The largest absolute Gasteiger partial charge is 0.353 e. The summed E-state index contributed by atoms with van der Waals surface area (Å²) in [5.41, 5.74) is 0. The lowest BCUT2D eigenvalue weighted by Gasteiger charge is -2.06. The van der Waals surface area contributed by atoms with Crippen LogP contribution in [0.1, 0.15) is 13.8 Å². The number of nitrogens with zero attached hydrogens (tertiary/aromatic N) is 2. The number of rotatable bonds is 4. The molecule has 0 atom stereocenters. The van der Waals surface area contributed by atoms with Crippen LogP contribution in [-0.2, 0) is 4.79 Å². The van der Waals surface area contributed by atoms with Crippen molar-refractivity contribution < 1.29 is 4.79 Å². The number of nitrogens with one attached hydrogen (secondary N) is 2. The third-order valence-electron chi connectivity index (χ3n) is 1.18. The zero-order chi connectivity index (χ0) is 9.68. The van der Waals surface area contributed by atoms with Gasteiger partial charge in [-0.05, 0) is 13.8 Å². The van der Waals surface area contributed by atoms with Gasteiger partial charge < -0.3 is 5.32 Å². The van der Waals surface area contributed by atoms with Gasteiger partial charge in [0, 0.05) is 6.04 Å². The monoisotopic (exact) mass is 200 g/mol. The molecule has 13 heavy (non-hydrogen) atoms. The highest BCUT2D eigenvalue weighted by Gasteiger charge is 2.04. The van der Waals surface area contributed by atoms with E-state index < -0.39 is 0 Å². The predicted molar refractivity (Wildman–Crippen MR) is 50.4 cm³/mol. The first-order chi connectivity index (χ1) is 6.18. The fourth-order valence-electron chi connectivity index (χ4n) is 0.761. The van der Waals surface area contributed by atoms with E-state index in [9.17, 15) is 4.79 Å². The van der Waals surface area contributed by atoms with Crippen molar-refractivity contribution in [2.75, 3.05) is 5.75 Å². The Morgan fingerprint density at radius 1 is 1.77 bits per heavy atom. The summed E-state index contributed by atoms with van der Waals surface area (Å²) >= 11 is 1.34. The van der Waals surface area contributed by atoms with Crippen molar-refractivity contribution in [2.24, 2.45) is 0 Å². The Labute approximate surface area is 80.7 Å². The third kappa shape index (κ3) is 3.93. The molecular formula is C7H12N4OS.